The molecule has 1 aromatic carbocycles. The first-order valence-electron chi connectivity index (χ1n) is 6.10. The van der Waals surface area contributed by atoms with Crippen LogP contribution < -0.4 is 16.8 Å². The Balaban J connectivity index is 2.98. The van der Waals surface area contributed by atoms with E-state index in [1.165, 1.54) is 0 Å². The molecule has 1 atom stereocenters. The summed E-state index contributed by atoms with van der Waals surface area (Å²) in [6, 6.07) is 4.38. The average molecular weight is 263 g/mol. The molecule has 0 spiro atoms. The van der Waals surface area contributed by atoms with Gasteiger partial charge in [0.1, 0.15) is 0 Å². The zero-order chi connectivity index (χ0) is 14.8. The molecule has 0 heterocycles. The standard InChI is InChI=1S/C14H21N3O2/c1-8-9(12(16)18)6-5-7-10(8)17-13(19)11(15)14(2,3)4/h5-7,11H,15H2,1-4H3,(H2,16,18)(H,17,19)/t11-/m0/s1. The van der Waals surface area contributed by atoms with Crippen LogP contribution in [0.1, 0.15) is 36.7 Å². The van der Waals surface area contributed by atoms with Gasteiger partial charge in [0.15, 0.2) is 0 Å². The molecule has 0 saturated heterocycles. The first kappa shape index (κ1) is 15.2. The van der Waals surface area contributed by atoms with Crippen molar-refractivity contribution in [3.63, 3.8) is 0 Å². The third kappa shape index (κ3) is 3.54. The number of rotatable bonds is 3. The number of carbonyl (C=O) groups is 2. The lowest BCUT2D eigenvalue weighted by molar-refractivity contribution is -0.119. The van der Waals surface area contributed by atoms with Crippen LogP contribution in [0.25, 0.3) is 0 Å². The predicted molar refractivity (Wildman–Crippen MR) is 75.8 cm³/mol. The number of carbonyl (C=O) groups excluding carboxylic acids is 2. The third-order valence-electron chi connectivity index (χ3n) is 3.07. The smallest absolute Gasteiger partial charge is 0.249 e. The molecule has 5 nitrogen and oxygen atoms in total. The molecule has 2 amide bonds. The van der Waals surface area contributed by atoms with Crippen molar-refractivity contribution < 1.29 is 9.59 Å². The van der Waals surface area contributed by atoms with E-state index in [1.54, 1.807) is 25.1 Å². The van der Waals surface area contributed by atoms with E-state index >= 15 is 0 Å². The van der Waals surface area contributed by atoms with Crippen LogP contribution in [0.5, 0.6) is 0 Å². The van der Waals surface area contributed by atoms with Crippen molar-refractivity contribution >= 4 is 17.5 Å². The summed E-state index contributed by atoms with van der Waals surface area (Å²) in [7, 11) is 0. The highest BCUT2D eigenvalue weighted by Crippen LogP contribution is 2.22. The van der Waals surface area contributed by atoms with Crippen molar-refractivity contribution in [1.29, 1.82) is 0 Å². The topological polar surface area (TPSA) is 98.2 Å². The van der Waals surface area contributed by atoms with Crippen LogP contribution in [0, 0.1) is 12.3 Å². The van der Waals surface area contributed by atoms with E-state index in [-0.39, 0.29) is 11.3 Å². The molecule has 0 aliphatic carbocycles. The Kier molecular flexibility index (Phi) is 4.32. The molecule has 19 heavy (non-hydrogen) atoms. The maximum absolute atomic E-state index is 12.0. The molecule has 104 valence electrons. The first-order valence-corrected chi connectivity index (χ1v) is 6.10. The van der Waals surface area contributed by atoms with Crippen molar-refractivity contribution in [3.8, 4) is 0 Å². The first-order chi connectivity index (χ1) is 8.64. The fourth-order valence-corrected chi connectivity index (χ4v) is 1.64. The molecule has 1 aromatic rings. The highest BCUT2D eigenvalue weighted by atomic mass is 16.2. The lowest BCUT2D eigenvalue weighted by Gasteiger charge is -2.26. The molecule has 0 aliphatic rings. The van der Waals surface area contributed by atoms with Crippen LogP contribution in [-0.2, 0) is 4.79 Å². The molecule has 0 bridgehead atoms. The summed E-state index contributed by atoms with van der Waals surface area (Å²) in [6.07, 6.45) is 0. The molecule has 1 rings (SSSR count). The number of hydrogen-bond donors (Lipinski definition) is 3. The van der Waals surface area contributed by atoms with Gasteiger partial charge >= 0.3 is 0 Å². The Bertz CT molecular complexity index is 504. The average Bonchev–Trinajstić information content (AvgIpc) is 2.29. The third-order valence-corrected chi connectivity index (χ3v) is 3.07. The summed E-state index contributed by atoms with van der Waals surface area (Å²) < 4.78 is 0. The SMILES string of the molecule is Cc1c(NC(=O)[C@H](N)C(C)(C)C)cccc1C(N)=O. The zero-order valence-corrected chi connectivity index (χ0v) is 11.8. The second-order valence-corrected chi connectivity index (χ2v) is 5.68. The van der Waals surface area contributed by atoms with Gasteiger partial charge in [0.25, 0.3) is 0 Å². The van der Waals surface area contributed by atoms with Crippen molar-refractivity contribution in [3.05, 3.63) is 29.3 Å². The number of hydrogen-bond acceptors (Lipinski definition) is 3. The van der Waals surface area contributed by atoms with Gasteiger partial charge in [0.05, 0.1) is 6.04 Å². The lowest BCUT2D eigenvalue weighted by Crippen LogP contribution is -2.45. The van der Waals surface area contributed by atoms with E-state index in [2.05, 4.69) is 5.32 Å². The van der Waals surface area contributed by atoms with Gasteiger partial charge < -0.3 is 16.8 Å². The fourth-order valence-electron chi connectivity index (χ4n) is 1.64. The molecule has 0 aromatic heterocycles. The predicted octanol–water partition coefficient (Wildman–Crippen LogP) is 1.41. The molecule has 0 unspecified atom stereocenters. The van der Waals surface area contributed by atoms with Gasteiger partial charge in [0, 0.05) is 11.3 Å². The van der Waals surface area contributed by atoms with Gasteiger partial charge in [0.2, 0.25) is 11.8 Å². The van der Waals surface area contributed by atoms with Crippen LogP contribution in [-0.4, -0.2) is 17.9 Å². The van der Waals surface area contributed by atoms with Crippen molar-refractivity contribution in [2.24, 2.45) is 16.9 Å². The molecule has 0 radical (unpaired) electrons. The molecule has 0 fully saturated rings. The highest BCUT2D eigenvalue weighted by Gasteiger charge is 2.27. The molecule has 0 saturated carbocycles. The van der Waals surface area contributed by atoms with E-state index < -0.39 is 11.9 Å². The molecule has 5 heteroatoms. The minimum Gasteiger partial charge on any atom is -0.366 e. The van der Waals surface area contributed by atoms with E-state index in [0.717, 1.165) is 0 Å². The van der Waals surface area contributed by atoms with Gasteiger partial charge in [-0.3, -0.25) is 9.59 Å². The van der Waals surface area contributed by atoms with E-state index in [9.17, 15) is 9.59 Å². The number of amides is 2. The molecule has 0 aliphatic heterocycles. The van der Waals surface area contributed by atoms with Crippen LogP contribution in [0.3, 0.4) is 0 Å². The minimum atomic E-state index is -0.635. The van der Waals surface area contributed by atoms with Crippen LogP contribution >= 0.6 is 0 Å². The Morgan fingerprint density at radius 3 is 2.32 bits per heavy atom. The fraction of sp³-hybridized carbons (Fsp3) is 0.429. The number of nitrogens with two attached hydrogens (primary N) is 2. The van der Waals surface area contributed by atoms with Crippen molar-refractivity contribution in [2.75, 3.05) is 5.32 Å². The summed E-state index contributed by atoms with van der Waals surface area (Å²) in [5.74, 6) is -0.800. The molecular weight excluding hydrogens is 242 g/mol. The van der Waals surface area contributed by atoms with Gasteiger partial charge in [-0.15, -0.1) is 0 Å². The second-order valence-electron chi connectivity index (χ2n) is 5.68. The Morgan fingerprint density at radius 1 is 1.26 bits per heavy atom. The van der Waals surface area contributed by atoms with Gasteiger partial charge in [-0.25, -0.2) is 0 Å². The Labute approximate surface area is 113 Å². The van der Waals surface area contributed by atoms with Crippen LogP contribution in [0.15, 0.2) is 18.2 Å². The molecular formula is C14H21N3O2. The lowest BCUT2D eigenvalue weighted by atomic mass is 9.87. The zero-order valence-electron chi connectivity index (χ0n) is 11.8. The van der Waals surface area contributed by atoms with E-state index in [0.29, 0.717) is 16.8 Å². The summed E-state index contributed by atoms with van der Waals surface area (Å²) in [4.78, 5) is 23.3. The monoisotopic (exact) mass is 263 g/mol. The van der Waals surface area contributed by atoms with Crippen molar-refractivity contribution in [2.45, 2.75) is 33.7 Å². The van der Waals surface area contributed by atoms with Gasteiger partial charge in [-0.2, -0.15) is 0 Å². The van der Waals surface area contributed by atoms with E-state index in [4.69, 9.17) is 11.5 Å². The second kappa shape index (κ2) is 5.40. The minimum absolute atomic E-state index is 0.280. The normalized spacial score (nSPS) is 12.9. The number of primary amides is 1. The van der Waals surface area contributed by atoms with Crippen molar-refractivity contribution in [1.82, 2.24) is 0 Å². The van der Waals surface area contributed by atoms with Crippen LogP contribution in [0.4, 0.5) is 5.69 Å². The highest BCUT2D eigenvalue weighted by molar-refractivity contribution is 6.00. The Hall–Kier alpha value is -1.88. The van der Waals surface area contributed by atoms with Gasteiger partial charge in [-0.05, 0) is 30.0 Å². The summed E-state index contributed by atoms with van der Waals surface area (Å²) in [5, 5.41) is 2.74. The number of nitrogens with one attached hydrogen (secondary N) is 1. The largest absolute Gasteiger partial charge is 0.366 e. The maximum Gasteiger partial charge on any atom is 0.249 e. The summed E-state index contributed by atoms with van der Waals surface area (Å²) in [5.41, 5.74) is 12.4. The maximum atomic E-state index is 12.0. The quantitative estimate of drug-likeness (QED) is 0.768. The summed E-state index contributed by atoms with van der Waals surface area (Å²) >= 11 is 0. The molecule has 5 N–H and O–H groups in total. The van der Waals surface area contributed by atoms with E-state index in [1.807, 2.05) is 20.8 Å². The number of anilines is 1. The number of benzene rings is 1. The van der Waals surface area contributed by atoms with Gasteiger partial charge in [-0.1, -0.05) is 26.8 Å². The Morgan fingerprint density at radius 2 is 1.84 bits per heavy atom. The summed E-state index contributed by atoms with van der Waals surface area (Å²) in [6.45, 7) is 7.41. The van der Waals surface area contributed by atoms with Crippen LogP contribution in [0.2, 0.25) is 0 Å².